The minimum Gasteiger partial charge on any atom is -0.497 e. The van der Waals surface area contributed by atoms with Crippen LogP contribution in [0.15, 0.2) is 12.1 Å². The van der Waals surface area contributed by atoms with E-state index < -0.39 is 0 Å². The van der Waals surface area contributed by atoms with E-state index in [9.17, 15) is 4.79 Å². The number of ether oxygens (including phenoxy) is 1. The normalized spacial score (nSPS) is 14.4. The van der Waals surface area contributed by atoms with Crippen molar-refractivity contribution < 1.29 is 9.53 Å². The van der Waals surface area contributed by atoms with Gasteiger partial charge in [-0.3, -0.25) is 4.79 Å². The summed E-state index contributed by atoms with van der Waals surface area (Å²) in [5.41, 5.74) is 2.25. The number of fused-ring (bicyclic) bond motifs is 1. The molecule has 64 valence electrons. The topological polar surface area (TPSA) is 26.3 Å². The van der Waals surface area contributed by atoms with Crippen LogP contribution in [0.3, 0.4) is 0 Å². The lowest BCUT2D eigenvalue weighted by Gasteiger charge is -2.06. The molecular formula is C10H9BO2. The summed E-state index contributed by atoms with van der Waals surface area (Å²) < 4.78 is 5.06. The lowest BCUT2D eigenvalue weighted by Crippen LogP contribution is -2.14. The first-order chi connectivity index (χ1) is 6.22. The van der Waals surface area contributed by atoms with Crippen molar-refractivity contribution in [2.75, 3.05) is 7.11 Å². The van der Waals surface area contributed by atoms with Crippen LogP contribution in [-0.4, -0.2) is 20.7 Å². The Morgan fingerprint density at radius 2 is 2.15 bits per heavy atom. The average Bonchev–Trinajstić information content (AvgIpc) is 2.48. The molecule has 0 amide bonds. The number of hydrogen-bond donors (Lipinski definition) is 0. The van der Waals surface area contributed by atoms with Gasteiger partial charge >= 0.3 is 0 Å². The highest BCUT2D eigenvalue weighted by molar-refractivity contribution is 6.37. The molecule has 0 heterocycles. The van der Waals surface area contributed by atoms with Crippen LogP contribution in [0.1, 0.15) is 22.3 Å². The number of benzene rings is 1. The van der Waals surface area contributed by atoms with Crippen molar-refractivity contribution >= 4 is 19.1 Å². The monoisotopic (exact) mass is 172 g/mol. The van der Waals surface area contributed by atoms with Gasteiger partial charge in [0.15, 0.2) is 5.78 Å². The lowest BCUT2D eigenvalue weighted by molar-refractivity contribution is 0.0995. The van der Waals surface area contributed by atoms with Crippen LogP contribution < -0.4 is 10.2 Å². The van der Waals surface area contributed by atoms with Crippen molar-refractivity contribution in [2.45, 2.75) is 12.8 Å². The summed E-state index contributed by atoms with van der Waals surface area (Å²) >= 11 is 0. The Hall–Kier alpha value is -1.25. The molecule has 1 aliphatic rings. The molecule has 0 bridgehead atoms. The highest BCUT2D eigenvalue weighted by Gasteiger charge is 2.21. The molecule has 0 spiro atoms. The second-order valence-electron chi connectivity index (χ2n) is 3.17. The fourth-order valence-electron chi connectivity index (χ4n) is 1.72. The summed E-state index contributed by atoms with van der Waals surface area (Å²) in [6, 6.07) is 3.58. The molecule has 0 saturated heterocycles. The minimum absolute atomic E-state index is 0.148. The van der Waals surface area contributed by atoms with Gasteiger partial charge in [-0.05, 0) is 24.1 Å². The van der Waals surface area contributed by atoms with Crippen LogP contribution in [0, 0.1) is 0 Å². The zero-order valence-corrected chi connectivity index (χ0v) is 7.46. The average molecular weight is 172 g/mol. The summed E-state index contributed by atoms with van der Waals surface area (Å²) in [6.45, 7) is 0. The molecule has 13 heavy (non-hydrogen) atoms. The van der Waals surface area contributed by atoms with Crippen LogP contribution in [0.5, 0.6) is 5.75 Å². The zero-order chi connectivity index (χ0) is 9.42. The Labute approximate surface area is 78.3 Å². The number of methoxy groups -OCH3 is 1. The van der Waals surface area contributed by atoms with Gasteiger partial charge in [0.1, 0.15) is 13.6 Å². The fraction of sp³-hybridized carbons (Fsp3) is 0.300. The molecule has 0 N–H and O–H groups in total. The van der Waals surface area contributed by atoms with E-state index in [0.717, 1.165) is 17.7 Å². The molecule has 1 aromatic rings. The number of carbonyl (C=O) groups is 1. The van der Waals surface area contributed by atoms with Crippen LogP contribution in [-0.2, 0) is 6.42 Å². The Kier molecular flexibility index (Phi) is 1.87. The maximum absolute atomic E-state index is 11.4. The quantitative estimate of drug-likeness (QED) is 0.580. The van der Waals surface area contributed by atoms with E-state index in [0.29, 0.717) is 17.4 Å². The molecular weight excluding hydrogens is 163 g/mol. The van der Waals surface area contributed by atoms with E-state index in [1.54, 1.807) is 13.2 Å². The Morgan fingerprint density at radius 3 is 2.85 bits per heavy atom. The van der Waals surface area contributed by atoms with Crippen molar-refractivity contribution in [3.8, 4) is 5.75 Å². The van der Waals surface area contributed by atoms with E-state index in [2.05, 4.69) is 0 Å². The first kappa shape index (κ1) is 8.36. The molecule has 0 aromatic heterocycles. The standard InChI is InChI=1S/C10H9BO2/c1-13-7-4-6-2-3-9(12)10(6)8(11)5-7/h4-5H,2-3H2,1H3. The van der Waals surface area contributed by atoms with Crippen LogP contribution >= 0.6 is 0 Å². The third-order valence-electron chi connectivity index (χ3n) is 2.36. The summed E-state index contributed by atoms with van der Waals surface area (Å²) in [5.74, 6) is 0.876. The third-order valence-corrected chi connectivity index (χ3v) is 2.36. The Balaban J connectivity index is 2.59. The largest absolute Gasteiger partial charge is 0.497 e. The van der Waals surface area contributed by atoms with Crippen molar-refractivity contribution in [3.05, 3.63) is 23.3 Å². The second-order valence-corrected chi connectivity index (χ2v) is 3.17. The molecule has 0 atom stereocenters. The number of rotatable bonds is 1. The maximum atomic E-state index is 11.4. The predicted octanol–water partition coefficient (Wildman–Crippen LogP) is 0.618. The second kappa shape index (κ2) is 2.91. The van der Waals surface area contributed by atoms with Gasteiger partial charge in [-0.2, -0.15) is 0 Å². The number of ketones is 1. The van der Waals surface area contributed by atoms with Crippen LogP contribution in [0.4, 0.5) is 0 Å². The Morgan fingerprint density at radius 1 is 1.38 bits per heavy atom. The molecule has 1 aliphatic carbocycles. The van der Waals surface area contributed by atoms with Gasteiger partial charge in [-0.25, -0.2) is 0 Å². The van der Waals surface area contributed by atoms with Crippen LogP contribution in [0.25, 0.3) is 0 Å². The molecule has 0 fully saturated rings. The van der Waals surface area contributed by atoms with Gasteiger partial charge in [-0.15, -0.1) is 0 Å². The maximum Gasteiger partial charge on any atom is 0.162 e. The first-order valence-corrected chi connectivity index (χ1v) is 4.22. The number of Topliss-reactive ketones (excluding diaryl/α,β-unsaturated/α-hetero) is 1. The summed E-state index contributed by atoms with van der Waals surface area (Å²) in [4.78, 5) is 11.4. The minimum atomic E-state index is 0.148. The third kappa shape index (κ3) is 1.24. The van der Waals surface area contributed by atoms with Crippen molar-refractivity contribution in [2.24, 2.45) is 0 Å². The molecule has 3 heteroatoms. The highest BCUT2D eigenvalue weighted by atomic mass is 16.5. The predicted molar refractivity (Wildman–Crippen MR) is 51.0 cm³/mol. The summed E-state index contributed by atoms with van der Waals surface area (Å²) in [6.07, 6.45) is 1.36. The summed E-state index contributed by atoms with van der Waals surface area (Å²) in [5, 5.41) is 0. The number of aryl methyl sites for hydroxylation is 1. The molecule has 1 aromatic carbocycles. The zero-order valence-electron chi connectivity index (χ0n) is 7.46. The van der Waals surface area contributed by atoms with Gasteiger partial charge in [0.25, 0.3) is 0 Å². The SMILES string of the molecule is [B]c1cc(OC)cc2c1C(=O)CC2. The highest BCUT2D eigenvalue weighted by Crippen LogP contribution is 2.23. The fourth-order valence-corrected chi connectivity index (χ4v) is 1.72. The summed E-state index contributed by atoms with van der Waals surface area (Å²) in [7, 11) is 7.33. The number of hydrogen-bond acceptors (Lipinski definition) is 2. The first-order valence-electron chi connectivity index (χ1n) is 4.22. The van der Waals surface area contributed by atoms with Gasteiger partial charge in [0, 0.05) is 12.0 Å². The van der Waals surface area contributed by atoms with Gasteiger partial charge < -0.3 is 4.74 Å². The molecule has 0 saturated carbocycles. The van der Waals surface area contributed by atoms with E-state index in [4.69, 9.17) is 12.6 Å². The molecule has 0 unspecified atom stereocenters. The van der Waals surface area contributed by atoms with E-state index in [1.807, 2.05) is 6.07 Å². The Bertz CT molecular complexity index is 371. The molecule has 2 radical (unpaired) electrons. The van der Waals surface area contributed by atoms with Crippen molar-refractivity contribution in [1.29, 1.82) is 0 Å². The number of carbonyl (C=O) groups excluding carboxylic acids is 1. The van der Waals surface area contributed by atoms with Gasteiger partial charge in [0.2, 0.25) is 0 Å². The van der Waals surface area contributed by atoms with E-state index in [-0.39, 0.29) is 5.78 Å². The van der Waals surface area contributed by atoms with E-state index >= 15 is 0 Å². The van der Waals surface area contributed by atoms with Crippen molar-refractivity contribution in [1.82, 2.24) is 0 Å². The lowest BCUT2D eigenvalue weighted by atomic mass is 9.88. The smallest absolute Gasteiger partial charge is 0.162 e. The molecule has 2 nitrogen and oxygen atoms in total. The van der Waals surface area contributed by atoms with Gasteiger partial charge in [0.05, 0.1) is 7.11 Å². The molecule has 2 rings (SSSR count). The van der Waals surface area contributed by atoms with Crippen LogP contribution in [0.2, 0.25) is 0 Å². The molecule has 0 aliphatic heterocycles. The van der Waals surface area contributed by atoms with Crippen molar-refractivity contribution in [3.63, 3.8) is 0 Å². The van der Waals surface area contributed by atoms with Gasteiger partial charge in [-0.1, -0.05) is 5.46 Å². The van der Waals surface area contributed by atoms with E-state index in [1.165, 1.54) is 0 Å².